The van der Waals surface area contributed by atoms with Gasteiger partial charge in [0.1, 0.15) is 0 Å². The van der Waals surface area contributed by atoms with E-state index in [0.29, 0.717) is 25.5 Å². The second kappa shape index (κ2) is 10.2. The summed E-state index contributed by atoms with van der Waals surface area (Å²) in [6, 6.07) is 0.163. The Morgan fingerprint density at radius 2 is 2.19 bits per heavy atom. The Hall–Kier alpha value is 0.0300. The van der Waals surface area contributed by atoms with E-state index < -0.39 is 16.9 Å². The van der Waals surface area contributed by atoms with Crippen LogP contribution in [0, 0.1) is 0 Å². The van der Waals surface area contributed by atoms with Gasteiger partial charge in [-0.15, -0.1) is 0 Å². The first-order valence-electron chi connectivity index (χ1n) is 5.85. The van der Waals surface area contributed by atoms with Gasteiger partial charge in [-0.2, -0.15) is 0 Å². The highest BCUT2D eigenvalue weighted by Gasteiger charge is 2.08. The minimum Gasteiger partial charge on any atom is -0.389 e. The van der Waals surface area contributed by atoms with Crippen molar-refractivity contribution in [1.29, 1.82) is 0 Å². The lowest BCUT2D eigenvalue weighted by molar-refractivity contribution is 0.0351. The number of aliphatic hydroxyl groups is 1. The van der Waals surface area contributed by atoms with Crippen LogP contribution in [0.5, 0.6) is 0 Å². The molecule has 16 heavy (non-hydrogen) atoms. The number of hydrogen-bond donors (Lipinski definition) is 2. The van der Waals surface area contributed by atoms with Gasteiger partial charge in [-0.1, -0.05) is 13.3 Å². The lowest BCUT2D eigenvalue weighted by atomic mass is 10.3. The van der Waals surface area contributed by atoms with Crippen molar-refractivity contribution in [2.45, 2.75) is 38.8 Å². The highest BCUT2D eigenvalue weighted by Crippen LogP contribution is 1.92. The van der Waals surface area contributed by atoms with Crippen LogP contribution in [0.4, 0.5) is 0 Å². The van der Waals surface area contributed by atoms with Crippen LogP contribution in [0.25, 0.3) is 0 Å². The van der Waals surface area contributed by atoms with E-state index in [-0.39, 0.29) is 6.04 Å². The van der Waals surface area contributed by atoms with Crippen molar-refractivity contribution >= 4 is 10.8 Å². The molecule has 0 aliphatic rings. The SMILES string of the molecule is CCCCOCC(O)CNC(C)CS(C)=O. The summed E-state index contributed by atoms with van der Waals surface area (Å²) in [7, 11) is -0.794. The highest BCUT2D eigenvalue weighted by molar-refractivity contribution is 7.84. The summed E-state index contributed by atoms with van der Waals surface area (Å²) in [6.45, 7) is 5.64. The molecule has 3 atom stereocenters. The number of ether oxygens (including phenoxy) is 1. The Morgan fingerprint density at radius 3 is 2.75 bits per heavy atom. The van der Waals surface area contributed by atoms with Crippen molar-refractivity contribution in [3.05, 3.63) is 0 Å². The zero-order valence-corrected chi connectivity index (χ0v) is 11.4. The molecule has 0 saturated heterocycles. The molecule has 5 heteroatoms. The smallest absolute Gasteiger partial charge is 0.0897 e. The molecule has 0 saturated carbocycles. The molecule has 3 unspecified atom stereocenters. The maximum atomic E-state index is 10.9. The first-order chi connectivity index (χ1) is 7.56. The van der Waals surface area contributed by atoms with E-state index in [1.54, 1.807) is 6.26 Å². The molecule has 0 aromatic heterocycles. The highest BCUT2D eigenvalue weighted by atomic mass is 32.2. The van der Waals surface area contributed by atoms with Crippen LogP contribution >= 0.6 is 0 Å². The first kappa shape index (κ1) is 16.0. The third kappa shape index (κ3) is 10.5. The minimum absolute atomic E-state index is 0.163. The quantitative estimate of drug-likeness (QED) is 0.556. The second-order valence-electron chi connectivity index (χ2n) is 4.13. The zero-order valence-electron chi connectivity index (χ0n) is 10.6. The van der Waals surface area contributed by atoms with Gasteiger partial charge in [0, 0.05) is 42.0 Å². The van der Waals surface area contributed by atoms with Crippen LogP contribution in [-0.2, 0) is 15.5 Å². The standard InChI is InChI=1S/C11H25NO3S/c1-4-5-6-15-8-11(13)7-12-10(2)9-16(3)14/h10-13H,4-9H2,1-3H3. The molecular weight excluding hydrogens is 226 g/mol. The van der Waals surface area contributed by atoms with E-state index in [9.17, 15) is 9.32 Å². The summed E-state index contributed by atoms with van der Waals surface area (Å²) in [5, 5.41) is 12.7. The summed E-state index contributed by atoms with van der Waals surface area (Å²) >= 11 is 0. The Labute approximate surface area is 101 Å². The molecule has 0 spiro atoms. The molecule has 0 aromatic rings. The van der Waals surface area contributed by atoms with Crippen molar-refractivity contribution in [2.75, 3.05) is 31.8 Å². The van der Waals surface area contributed by atoms with Crippen molar-refractivity contribution in [3.63, 3.8) is 0 Å². The van der Waals surface area contributed by atoms with Crippen LogP contribution in [0.2, 0.25) is 0 Å². The maximum absolute atomic E-state index is 10.9. The van der Waals surface area contributed by atoms with Crippen molar-refractivity contribution < 1.29 is 14.1 Å². The Morgan fingerprint density at radius 1 is 1.50 bits per heavy atom. The Bertz CT molecular complexity index is 190. The molecule has 0 amide bonds. The number of hydrogen-bond acceptors (Lipinski definition) is 4. The average Bonchev–Trinajstić information content (AvgIpc) is 2.20. The fourth-order valence-electron chi connectivity index (χ4n) is 1.27. The third-order valence-corrected chi connectivity index (χ3v) is 3.11. The van der Waals surface area contributed by atoms with Gasteiger partial charge >= 0.3 is 0 Å². The van der Waals surface area contributed by atoms with Gasteiger partial charge in [0.15, 0.2) is 0 Å². The minimum atomic E-state index is -0.794. The van der Waals surface area contributed by atoms with E-state index in [0.717, 1.165) is 12.8 Å². The van der Waals surface area contributed by atoms with Crippen molar-refractivity contribution in [2.24, 2.45) is 0 Å². The van der Waals surface area contributed by atoms with Crippen molar-refractivity contribution in [1.82, 2.24) is 5.32 Å². The van der Waals surface area contributed by atoms with Crippen LogP contribution < -0.4 is 5.32 Å². The molecule has 0 aromatic carbocycles. The lowest BCUT2D eigenvalue weighted by Crippen LogP contribution is -2.38. The topological polar surface area (TPSA) is 58.6 Å². The molecule has 0 aliphatic carbocycles. The summed E-state index contributed by atoms with van der Waals surface area (Å²) in [5.74, 6) is 0.614. The van der Waals surface area contributed by atoms with E-state index in [4.69, 9.17) is 4.74 Å². The normalized spacial score (nSPS) is 17.0. The van der Waals surface area contributed by atoms with E-state index in [1.807, 2.05) is 6.92 Å². The Balaban J connectivity index is 3.41. The molecule has 98 valence electrons. The predicted octanol–water partition coefficient (Wildman–Crippen LogP) is 0.521. The van der Waals surface area contributed by atoms with Gasteiger partial charge in [-0.3, -0.25) is 4.21 Å². The van der Waals surface area contributed by atoms with Crippen LogP contribution in [0.1, 0.15) is 26.7 Å². The monoisotopic (exact) mass is 251 g/mol. The summed E-state index contributed by atoms with van der Waals surface area (Å²) in [4.78, 5) is 0. The third-order valence-electron chi connectivity index (χ3n) is 2.14. The molecule has 2 N–H and O–H groups in total. The maximum Gasteiger partial charge on any atom is 0.0897 e. The summed E-state index contributed by atoms with van der Waals surface area (Å²) in [5.41, 5.74) is 0. The largest absolute Gasteiger partial charge is 0.389 e. The summed E-state index contributed by atoms with van der Waals surface area (Å²) in [6.07, 6.45) is 3.34. The molecule has 4 nitrogen and oxygen atoms in total. The van der Waals surface area contributed by atoms with Gasteiger partial charge < -0.3 is 15.2 Å². The lowest BCUT2D eigenvalue weighted by Gasteiger charge is -2.16. The number of unbranched alkanes of at least 4 members (excludes halogenated alkanes) is 1. The number of nitrogens with one attached hydrogen (secondary N) is 1. The average molecular weight is 251 g/mol. The van der Waals surface area contributed by atoms with Gasteiger partial charge in [-0.05, 0) is 13.3 Å². The molecule has 0 radical (unpaired) electrons. The van der Waals surface area contributed by atoms with Crippen LogP contribution in [-0.4, -0.2) is 53.2 Å². The van der Waals surface area contributed by atoms with Gasteiger partial charge in [0.2, 0.25) is 0 Å². The molecule has 0 bridgehead atoms. The fourth-order valence-corrected chi connectivity index (χ4v) is 2.09. The first-order valence-corrected chi connectivity index (χ1v) is 7.58. The van der Waals surface area contributed by atoms with Crippen LogP contribution in [0.3, 0.4) is 0 Å². The van der Waals surface area contributed by atoms with E-state index in [1.165, 1.54) is 0 Å². The van der Waals surface area contributed by atoms with Gasteiger partial charge in [0.25, 0.3) is 0 Å². The molecule has 0 heterocycles. The number of rotatable bonds is 10. The van der Waals surface area contributed by atoms with Gasteiger partial charge in [-0.25, -0.2) is 0 Å². The fraction of sp³-hybridized carbons (Fsp3) is 1.00. The summed E-state index contributed by atoms with van der Waals surface area (Å²) < 4.78 is 16.2. The number of aliphatic hydroxyl groups excluding tert-OH is 1. The van der Waals surface area contributed by atoms with Crippen LogP contribution in [0.15, 0.2) is 0 Å². The molecule has 0 fully saturated rings. The second-order valence-corrected chi connectivity index (χ2v) is 5.61. The predicted molar refractivity (Wildman–Crippen MR) is 68.1 cm³/mol. The van der Waals surface area contributed by atoms with E-state index in [2.05, 4.69) is 12.2 Å². The van der Waals surface area contributed by atoms with Crippen molar-refractivity contribution in [3.8, 4) is 0 Å². The Kier molecular flexibility index (Phi) is 10.2. The van der Waals surface area contributed by atoms with E-state index >= 15 is 0 Å². The molecular formula is C11H25NO3S. The zero-order chi connectivity index (χ0) is 12.4. The van der Waals surface area contributed by atoms with Gasteiger partial charge in [0.05, 0.1) is 12.7 Å². The molecule has 0 rings (SSSR count). The molecule has 0 aliphatic heterocycles.